The molecule has 1 N–H and O–H groups in total. The van der Waals surface area contributed by atoms with Crippen molar-refractivity contribution in [3.63, 3.8) is 0 Å². The predicted molar refractivity (Wildman–Crippen MR) is 168 cm³/mol. The maximum atomic E-state index is 14.1. The zero-order chi connectivity index (χ0) is 32.8. The lowest BCUT2D eigenvalue weighted by Gasteiger charge is -2.44. The summed E-state index contributed by atoms with van der Waals surface area (Å²) in [4.78, 5) is 26.6. The van der Waals surface area contributed by atoms with Gasteiger partial charge >= 0.3 is 6.18 Å². The molecule has 0 aliphatic carbocycles. The van der Waals surface area contributed by atoms with Crippen molar-refractivity contribution in [2.45, 2.75) is 36.5 Å². The van der Waals surface area contributed by atoms with Crippen LogP contribution in [0.4, 0.5) is 30.5 Å². The molecule has 2 saturated heterocycles. The molecular weight excluding hydrogens is 645 g/mol. The summed E-state index contributed by atoms with van der Waals surface area (Å²) in [5.74, 6) is -0.973. The number of carbonyl (C=O) groups excluding carboxylic acids is 1. The number of carbonyl (C=O) groups is 1. The van der Waals surface area contributed by atoms with Crippen LogP contribution in [-0.2, 0) is 31.9 Å². The number of ether oxygens (including phenoxy) is 2. The fourth-order valence-corrected chi connectivity index (χ4v) is 9.23. The molecule has 0 saturated carbocycles. The Morgan fingerprint density at radius 2 is 1.93 bits per heavy atom. The highest BCUT2D eigenvalue weighted by Crippen LogP contribution is 2.42. The van der Waals surface area contributed by atoms with Crippen molar-refractivity contribution in [2.75, 3.05) is 76.1 Å². The van der Waals surface area contributed by atoms with Crippen molar-refractivity contribution in [3.05, 3.63) is 46.5 Å². The Morgan fingerprint density at radius 1 is 1.15 bits per heavy atom. The fraction of sp³-hybridized carbons (Fsp3) is 0.500. The Bertz CT molecular complexity index is 1730. The van der Waals surface area contributed by atoms with Crippen LogP contribution in [0.25, 0.3) is 10.6 Å². The number of methoxy groups -OCH3 is 1. The van der Waals surface area contributed by atoms with Crippen LogP contribution in [0.2, 0.25) is 0 Å². The van der Waals surface area contributed by atoms with Gasteiger partial charge in [0.2, 0.25) is 5.95 Å². The largest absolute Gasteiger partial charge is 0.420 e. The molecule has 1 amide bonds. The Morgan fingerprint density at radius 3 is 2.67 bits per heavy atom. The summed E-state index contributed by atoms with van der Waals surface area (Å²) in [6.07, 6.45) is -3.50. The predicted octanol–water partition coefficient (Wildman–Crippen LogP) is 3.93. The van der Waals surface area contributed by atoms with Crippen LogP contribution in [0, 0.1) is 0 Å². The molecule has 3 aliphatic rings. The minimum absolute atomic E-state index is 0.00850. The standard InChI is InChI=1S/C30H35F3N6O5S2/c1-4-18-13-19(39-8-7-38(9-11-43-3)22-16-44-17-23(22)39)5-6-21(18)35-29-34-15-20(30(31,32)33)26(36-29)24-14-25-27(45-24)28(40)37(2)10-12-46(25,41)42/h5-6,13-15,22-23H,4,7-12,16-17H2,1-3H3,(H,34,35,36)/t22-,23+/m1/s1. The van der Waals surface area contributed by atoms with Crippen molar-refractivity contribution in [1.29, 1.82) is 0 Å². The number of fused-ring (bicyclic) bond motifs is 2. The topological polar surface area (TPSA) is 117 Å². The SMILES string of the molecule is CCc1cc(N2CCN(CCOC)[C@@H]3COC[C@@H]32)ccc1Nc1ncc(C(F)(F)F)c(-c2cc3c(s2)C(=O)N(C)CCS3(=O)=O)n1. The lowest BCUT2D eigenvalue weighted by atomic mass is 10.0. The van der Waals surface area contributed by atoms with Crippen LogP contribution in [0.15, 0.2) is 35.4 Å². The third-order valence-electron chi connectivity index (χ3n) is 8.75. The summed E-state index contributed by atoms with van der Waals surface area (Å²) in [7, 11) is -0.733. The first-order valence-electron chi connectivity index (χ1n) is 14.9. The van der Waals surface area contributed by atoms with E-state index in [4.69, 9.17) is 9.47 Å². The molecule has 0 radical (unpaired) electrons. The number of nitrogens with one attached hydrogen (secondary N) is 1. The molecule has 0 bridgehead atoms. The second kappa shape index (κ2) is 12.7. The summed E-state index contributed by atoms with van der Waals surface area (Å²) in [5.41, 5.74) is 0.955. The number of halogens is 3. The van der Waals surface area contributed by atoms with Gasteiger partial charge in [-0.15, -0.1) is 11.3 Å². The first-order valence-corrected chi connectivity index (χ1v) is 17.4. The van der Waals surface area contributed by atoms with E-state index in [0.717, 1.165) is 37.0 Å². The van der Waals surface area contributed by atoms with E-state index in [0.29, 0.717) is 49.5 Å². The van der Waals surface area contributed by atoms with Crippen molar-refractivity contribution >= 4 is 44.4 Å². The van der Waals surface area contributed by atoms with E-state index in [1.54, 1.807) is 7.11 Å². The van der Waals surface area contributed by atoms with Crippen molar-refractivity contribution in [1.82, 2.24) is 19.8 Å². The number of sulfone groups is 1. The molecular formula is C30H35F3N6O5S2. The van der Waals surface area contributed by atoms with E-state index in [2.05, 4.69) is 31.2 Å². The van der Waals surface area contributed by atoms with Gasteiger partial charge in [0.1, 0.15) is 10.4 Å². The molecule has 2 fully saturated rings. The third-order valence-corrected chi connectivity index (χ3v) is 11.7. The molecule has 248 valence electrons. The Balaban J connectivity index is 1.31. The Hall–Kier alpha value is -3.31. The molecule has 11 nitrogen and oxygen atoms in total. The smallest absolute Gasteiger partial charge is 0.383 e. The Labute approximate surface area is 269 Å². The first kappa shape index (κ1) is 32.6. The molecule has 3 aliphatic heterocycles. The van der Waals surface area contributed by atoms with Crippen LogP contribution in [0.3, 0.4) is 0 Å². The van der Waals surface area contributed by atoms with Gasteiger partial charge in [-0.1, -0.05) is 6.92 Å². The zero-order valence-corrected chi connectivity index (χ0v) is 27.3. The fourth-order valence-electron chi connectivity index (χ4n) is 6.20. The molecule has 5 heterocycles. The number of aryl methyl sites for hydroxylation is 1. The van der Waals surface area contributed by atoms with Crippen LogP contribution in [-0.4, -0.2) is 112 Å². The van der Waals surface area contributed by atoms with Gasteiger partial charge in [0.15, 0.2) is 9.84 Å². The minimum Gasteiger partial charge on any atom is -0.383 e. The normalized spacial score (nSPS) is 21.7. The van der Waals surface area contributed by atoms with E-state index in [9.17, 15) is 26.4 Å². The number of hydrogen-bond donors (Lipinski definition) is 1. The summed E-state index contributed by atoms with van der Waals surface area (Å²) in [6, 6.07) is 7.46. The number of thiophene rings is 1. The molecule has 0 unspecified atom stereocenters. The van der Waals surface area contributed by atoms with Crippen LogP contribution < -0.4 is 10.2 Å². The number of aromatic nitrogens is 2. The second-order valence-corrected chi connectivity index (χ2v) is 14.6. The number of anilines is 3. The van der Waals surface area contributed by atoms with E-state index >= 15 is 0 Å². The number of benzene rings is 1. The highest BCUT2D eigenvalue weighted by molar-refractivity contribution is 7.91. The number of alkyl halides is 3. The summed E-state index contributed by atoms with van der Waals surface area (Å²) < 4.78 is 79.3. The van der Waals surface area contributed by atoms with Gasteiger partial charge in [-0.3, -0.25) is 9.69 Å². The van der Waals surface area contributed by atoms with Gasteiger partial charge in [-0.2, -0.15) is 13.2 Å². The maximum absolute atomic E-state index is 14.1. The highest BCUT2D eigenvalue weighted by Gasteiger charge is 2.41. The lowest BCUT2D eigenvalue weighted by Crippen LogP contribution is -2.59. The molecule has 2 atom stereocenters. The van der Waals surface area contributed by atoms with Crippen LogP contribution >= 0.6 is 11.3 Å². The molecule has 2 aromatic heterocycles. The van der Waals surface area contributed by atoms with Crippen molar-refractivity contribution in [2.24, 2.45) is 0 Å². The van der Waals surface area contributed by atoms with E-state index in [-0.39, 0.29) is 45.0 Å². The van der Waals surface area contributed by atoms with E-state index < -0.39 is 33.2 Å². The van der Waals surface area contributed by atoms with Gasteiger partial charge < -0.3 is 24.6 Å². The molecule has 6 rings (SSSR count). The Kier molecular flexibility index (Phi) is 9.02. The molecule has 1 aromatic carbocycles. The van der Waals surface area contributed by atoms with E-state index in [1.165, 1.54) is 11.9 Å². The van der Waals surface area contributed by atoms with Crippen molar-refractivity contribution < 1.29 is 35.9 Å². The van der Waals surface area contributed by atoms with Crippen LogP contribution in [0.1, 0.15) is 27.7 Å². The third kappa shape index (κ3) is 6.20. The highest BCUT2D eigenvalue weighted by atomic mass is 32.2. The van der Waals surface area contributed by atoms with Gasteiger partial charge in [0.05, 0.1) is 53.1 Å². The number of nitrogens with zero attached hydrogens (tertiary/aromatic N) is 5. The number of rotatable bonds is 8. The first-order chi connectivity index (χ1) is 21.9. The summed E-state index contributed by atoms with van der Waals surface area (Å²) in [5, 5.41) is 3.08. The van der Waals surface area contributed by atoms with E-state index in [1.807, 2.05) is 19.1 Å². The molecule has 16 heteroatoms. The quantitative estimate of drug-likeness (QED) is 0.375. The second-order valence-electron chi connectivity index (χ2n) is 11.5. The average Bonchev–Trinajstić information content (AvgIpc) is 3.69. The van der Waals surface area contributed by atoms with Crippen LogP contribution in [0.5, 0.6) is 0 Å². The maximum Gasteiger partial charge on any atom is 0.420 e. The van der Waals surface area contributed by atoms with Gasteiger partial charge in [-0.05, 0) is 36.2 Å². The number of piperazine rings is 1. The van der Waals surface area contributed by atoms with Crippen molar-refractivity contribution in [3.8, 4) is 10.6 Å². The van der Waals surface area contributed by atoms with Gasteiger partial charge in [-0.25, -0.2) is 18.4 Å². The monoisotopic (exact) mass is 680 g/mol. The average molecular weight is 681 g/mol. The minimum atomic E-state index is -4.82. The lowest BCUT2D eigenvalue weighted by molar-refractivity contribution is -0.137. The summed E-state index contributed by atoms with van der Waals surface area (Å²) >= 11 is 0.684. The molecule has 0 spiro atoms. The number of hydrogen-bond acceptors (Lipinski definition) is 11. The van der Waals surface area contributed by atoms with Gasteiger partial charge in [0, 0.05) is 57.9 Å². The molecule has 46 heavy (non-hydrogen) atoms. The summed E-state index contributed by atoms with van der Waals surface area (Å²) in [6.45, 7) is 6.42. The number of amides is 1. The zero-order valence-electron chi connectivity index (χ0n) is 25.6. The van der Waals surface area contributed by atoms with Gasteiger partial charge in [0.25, 0.3) is 5.91 Å². The molecule has 3 aromatic rings.